The Morgan fingerprint density at radius 2 is 1.73 bits per heavy atom. The number of ether oxygens (including phenoxy) is 1. The molecule has 5 heteroatoms. The van der Waals surface area contributed by atoms with Gasteiger partial charge in [-0.05, 0) is 72.9 Å². The van der Waals surface area contributed by atoms with Crippen molar-refractivity contribution in [2.75, 3.05) is 11.9 Å². The number of thiocarbonyl (C=S) groups is 1. The molecule has 0 fully saturated rings. The van der Waals surface area contributed by atoms with E-state index in [-0.39, 0.29) is 11.0 Å². The number of benzene rings is 2. The predicted molar refractivity (Wildman–Crippen MR) is 111 cm³/mol. The number of nitrogens with one attached hydrogen (secondary N) is 2. The molecule has 1 amide bonds. The van der Waals surface area contributed by atoms with Gasteiger partial charge < -0.3 is 10.1 Å². The van der Waals surface area contributed by atoms with Crippen LogP contribution < -0.4 is 15.4 Å². The molecule has 0 unspecified atom stereocenters. The highest BCUT2D eigenvalue weighted by Gasteiger charge is 2.09. The van der Waals surface area contributed by atoms with E-state index in [9.17, 15) is 4.79 Å². The van der Waals surface area contributed by atoms with Crippen molar-refractivity contribution in [3.8, 4) is 5.75 Å². The van der Waals surface area contributed by atoms with E-state index >= 15 is 0 Å². The minimum absolute atomic E-state index is 0.249. The van der Waals surface area contributed by atoms with Crippen LogP contribution >= 0.6 is 12.2 Å². The zero-order valence-electron chi connectivity index (χ0n) is 15.5. The van der Waals surface area contributed by atoms with Crippen LogP contribution in [0.4, 0.5) is 5.69 Å². The van der Waals surface area contributed by atoms with E-state index in [0.717, 1.165) is 24.3 Å². The molecule has 0 radical (unpaired) electrons. The van der Waals surface area contributed by atoms with Crippen molar-refractivity contribution < 1.29 is 9.53 Å². The van der Waals surface area contributed by atoms with Crippen molar-refractivity contribution in [1.82, 2.24) is 5.32 Å². The minimum Gasteiger partial charge on any atom is -0.494 e. The van der Waals surface area contributed by atoms with Crippen molar-refractivity contribution in [2.45, 2.75) is 39.5 Å². The summed E-state index contributed by atoms with van der Waals surface area (Å²) in [4.78, 5) is 12.3. The Morgan fingerprint density at radius 1 is 1.08 bits per heavy atom. The third-order valence-corrected chi connectivity index (χ3v) is 4.37. The molecule has 0 aromatic heterocycles. The summed E-state index contributed by atoms with van der Waals surface area (Å²) in [6.45, 7) is 7.08. The summed E-state index contributed by atoms with van der Waals surface area (Å²) >= 11 is 5.23. The van der Waals surface area contributed by atoms with E-state index in [1.165, 1.54) is 5.56 Å². The zero-order valence-corrected chi connectivity index (χ0v) is 16.4. The van der Waals surface area contributed by atoms with Crippen molar-refractivity contribution >= 4 is 28.9 Å². The molecule has 0 aliphatic rings. The van der Waals surface area contributed by atoms with Crippen molar-refractivity contribution in [3.05, 3.63) is 59.7 Å². The summed E-state index contributed by atoms with van der Waals surface area (Å²) in [5.74, 6) is 1.03. The highest BCUT2D eigenvalue weighted by molar-refractivity contribution is 7.80. The number of amides is 1. The second-order valence-electron chi connectivity index (χ2n) is 6.21. The molecule has 0 saturated heterocycles. The van der Waals surface area contributed by atoms with Crippen LogP contribution in [0, 0.1) is 0 Å². The smallest absolute Gasteiger partial charge is 0.257 e. The first-order valence-corrected chi connectivity index (χ1v) is 9.39. The third kappa shape index (κ3) is 5.85. The SMILES string of the molecule is CCCOc1ccc(C(=O)NC(=S)Nc2ccc([C@@H](C)CC)cc2)cc1. The van der Waals surface area contributed by atoms with Gasteiger partial charge in [0.25, 0.3) is 5.91 Å². The first-order valence-electron chi connectivity index (χ1n) is 8.98. The Hall–Kier alpha value is -2.40. The first-order chi connectivity index (χ1) is 12.5. The summed E-state index contributed by atoms with van der Waals surface area (Å²) in [6, 6.07) is 15.1. The van der Waals surface area contributed by atoms with Gasteiger partial charge in [-0.25, -0.2) is 0 Å². The molecule has 1 atom stereocenters. The van der Waals surface area contributed by atoms with Crippen LogP contribution in [0.1, 0.15) is 55.5 Å². The van der Waals surface area contributed by atoms with Crippen molar-refractivity contribution in [3.63, 3.8) is 0 Å². The largest absolute Gasteiger partial charge is 0.494 e. The molecule has 0 aliphatic carbocycles. The van der Waals surface area contributed by atoms with E-state index in [1.54, 1.807) is 24.3 Å². The molecule has 138 valence electrons. The van der Waals surface area contributed by atoms with Gasteiger partial charge in [0.05, 0.1) is 6.61 Å². The molecule has 4 nitrogen and oxygen atoms in total. The van der Waals surface area contributed by atoms with Crippen LogP contribution in [0.25, 0.3) is 0 Å². The molecule has 2 rings (SSSR count). The lowest BCUT2D eigenvalue weighted by molar-refractivity contribution is 0.0977. The Kier molecular flexibility index (Phi) is 7.60. The van der Waals surface area contributed by atoms with Crippen LogP contribution in [0.3, 0.4) is 0 Å². The third-order valence-electron chi connectivity index (χ3n) is 4.17. The van der Waals surface area contributed by atoms with Crippen LogP contribution in [0.5, 0.6) is 5.75 Å². The summed E-state index contributed by atoms with van der Waals surface area (Å²) in [5, 5.41) is 6.01. The maximum absolute atomic E-state index is 12.3. The number of rotatable bonds is 7. The van der Waals surface area contributed by atoms with Gasteiger partial charge in [0, 0.05) is 11.3 Å². The summed E-state index contributed by atoms with van der Waals surface area (Å²) in [7, 11) is 0. The summed E-state index contributed by atoms with van der Waals surface area (Å²) < 4.78 is 5.51. The first kappa shape index (κ1) is 19.9. The maximum atomic E-state index is 12.3. The van der Waals surface area contributed by atoms with Gasteiger partial charge in [0.15, 0.2) is 5.11 Å². The number of hydrogen-bond acceptors (Lipinski definition) is 3. The fourth-order valence-electron chi connectivity index (χ4n) is 2.39. The Bertz CT molecular complexity index is 727. The average Bonchev–Trinajstić information content (AvgIpc) is 2.66. The fourth-order valence-corrected chi connectivity index (χ4v) is 2.60. The second kappa shape index (κ2) is 9.92. The Morgan fingerprint density at radius 3 is 2.31 bits per heavy atom. The van der Waals surface area contributed by atoms with E-state index < -0.39 is 0 Å². The highest BCUT2D eigenvalue weighted by atomic mass is 32.1. The highest BCUT2D eigenvalue weighted by Crippen LogP contribution is 2.20. The molecular formula is C21H26N2O2S. The fraction of sp³-hybridized carbons (Fsp3) is 0.333. The van der Waals surface area contributed by atoms with Gasteiger partial charge in [-0.3, -0.25) is 10.1 Å². The van der Waals surface area contributed by atoms with Crippen LogP contribution in [-0.2, 0) is 0 Å². The summed E-state index contributed by atoms with van der Waals surface area (Å²) in [5.41, 5.74) is 2.68. The topological polar surface area (TPSA) is 50.4 Å². The molecule has 0 spiro atoms. The number of carbonyl (C=O) groups excluding carboxylic acids is 1. The van der Waals surface area contributed by atoms with Gasteiger partial charge in [-0.1, -0.05) is 32.9 Å². The standard InChI is InChI=1S/C21H26N2O2S/c1-4-14-25-19-12-8-17(9-13-19)20(24)23-21(26)22-18-10-6-16(7-11-18)15(3)5-2/h6-13,15H,4-5,14H2,1-3H3,(H2,22,23,24,26)/t15-/m0/s1. The molecule has 0 bridgehead atoms. The molecule has 2 N–H and O–H groups in total. The van der Waals surface area contributed by atoms with Gasteiger partial charge in [-0.15, -0.1) is 0 Å². The molecule has 2 aromatic carbocycles. The van der Waals surface area contributed by atoms with Gasteiger partial charge in [0.2, 0.25) is 0 Å². The number of hydrogen-bond donors (Lipinski definition) is 2. The number of carbonyl (C=O) groups is 1. The van der Waals surface area contributed by atoms with Gasteiger partial charge >= 0.3 is 0 Å². The van der Waals surface area contributed by atoms with E-state index in [4.69, 9.17) is 17.0 Å². The average molecular weight is 371 g/mol. The normalized spacial score (nSPS) is 11.5. The molecule has 26 heavy (non-hydrogen) atoms. The quantitative estimate of drug-likeness (QED) is 0.665. The Labute approximate surface area is 161 Å². The van der Waals surface area contributed by atoms with E-state index in [2.05, 4.69) is 36.6 Å². The van der Waals surface area contributed by atoms with Crippen LogP contribution in [-0.4, -0.2) is 17.6 Å². The minimum atomic E-state index is -0.249. The van der Waals surface area contributed by atoms with E-state index in [1.807, 2.05) is 19.1 Å². The van der Waals surface area contributed by atoms with E-state index in [0.29, 0.717) is 18.1 Å². The summed E-state index contributed by atoms with van der Waals surface area (Å²) in [6.07, 6.45) is 2.05. The van der Waals surface area contributed by atoms with Crippen molar-refractivity contribution in [2.24, 2.45) is 0 Å². The molecule has 0 heterocycles. The lowest BCUT2D eigenvalue weighted by Crippen LogP contribution is -2.34. The maximum Gasteiger partial charge on any atom is 0.257 e. The monoisotopic (exact) mass is 370 g/mol. The Balaban J connectivity index is 1.89. The lowest BCUT2D eigenvalue weighted by Gasteiger charge is -2.12. The second-order valence-corrected chi connectivity index (χ2v) is 6.62. The molecule has 2 aromatic rings. The number of anilines is 1. The molecular weight excluding hydrogens is 344 g/mol. The predicted octanol–water partition coefficient (Wildman–Crippen LogP) is 5.12. The van der Waals surface area contributed by atoms with Gasteiger partial charge in [0.1, 0.15) is 5.75 Å². The molecule has 0 aliphatic heterocycles. The van der Waals surface area contributed by atoms with Crippen molar-refractivity contribution in [1.29, 1.82) is 0 Å². The van der Waals surface area contributed by atoms with Crippen LogP contribution in [0.15, 0.2) is 48.5 Å². The van der Waals surface area contributed by atoms with Gasteiger partial charge in [-0.2, -0.15) is 0 Å². The molecule has 0 saturated carbocycles. The van der Waals surface area contributed by atoms with Crippen LogP contribution in [0.2, 0.25) is 0 Å². The zero-order chi connectivity index (χ0) is 18.9. The lowest BCUT2D eigenvalue weighted by atomic mass is 9.99.